The van der Waals surface area contributed by atoms with Crippen LogP contribution in [0.1, 0.15) is 44.8 Å². The zero-order chi connectivity index (χ0) is 14.6. The van der Waals surface area contributed by atoms with Crippen LogP contribution in [0.3, 0.4) is 0 Å². The van der Waals surface area contributed by atoms with Crippen LogP contribution < -0.4 is 10.6 Å². The summed E-state index contributed by atoms with van der Waals surface area (Å²) in [4.78, 5) is 12.2. The van der Waals surface area contributed by atoms with E-state index in [4.69, 9.17) is 0 Å². The molecule has 3 atom stereocenters. The van der Waals surface area contributed by atoms with E-state index in [9.17, 15) is 9.90 Å². The van der Waals surface area contributed by atoms with Crippen LogP contribution in [0.4, 0.5) is 0 Å². The van der Waals surface area contributed by atoms with Gasteiger partial charge in [0, 0.05) is 6.04 Å². The summed E-state index contributed by atoms with van der Waals surface area (Å²) in [7, 11) is 0. The van der Waals surface area contributed by atoms with Crippen LogP contribution in [0.15, 0.2) is 30.3 Å². The van der Waals surface area contributed by atoms with Crippen LogP contribution in [0.2, 0.25) is 0 Å². The molecule has 0 saturated carbocycles. The van der Waals surface area contributed by atoms with Crippen LogP contribution >= 0.6 is 0 Å². The molecule has 4 nitrogen and oxygen atoms in total. The van der Waals surface area contributed by atoms with E-state index in [1.165, 1.54) is 0 Å². The Labute approximate surface area is 120 Å². The zero-order valence-corrected chi connectivity index (χ0v) is 12.2. The molecule has 1 saturated heterocycles. The highest BCUT2D eigenvalue weighted by molar-refractivity contribution is 5.86. The average Bonchev–Trinajstić information content (AvgIpc) is 2.88. The summed E-state index contributed by atoms with van der Waals surface area (Å²) in [6, 6.07) is 9.49. The van der Waals surface area contributed by atoms with Crippen molar-refractivity contribution >= 4 is 5.91 Å². The minimum atomic E-state index is -0.546. The van der Waals surface area contributed by atoms with E-state index in [1.807, 2.05) is 44.2 Å². The first kappa shape index (κ1) is 15.0. The summed E-state index contributed by atoms with van der Waals surface area (Å²) in [5.41, 5.74) is 0.435. The van der Waals surface area contributed by atoms with Crippen molar-refractivity contribution in [1.82, 2.24) is 10.6 Å². The molecule has 20 heavy (non-hydrogen) atoms. The highest BCUT2D eigenvalue weighted by atomic mass is 16.3. The quantitative estimate of drug-likeness (QED) is 0.768. The summed E-state index contributed by atoms with van der Waals surface area (Å²) >= 11 is 0. The van der Waals surface area contributed by atoms with E-state index in [1.54, 1.807) is 0 Å². The second kappa shape index (κ2) is 6.37. The minimum absolute atomic E-state index is 0.0303. The fourth-order valence-electron chi connectivity index (χ4n) is 2.68. The standard InChI is InChI=1S/C16H24N2O2/c1-12(11-14(19)13-7-4-3-5-8-13)18-15(20)16(2)9-6-10-17-16/h3-5,7-8,12,14,17,19H,6,9-11H2,1-2H3,(H,18,20). The molecule has 4 heteroatoms. The van der Waals surface area contributed by atoms with Gasteiger partial charge in [-0.2, -0.15) is 0 Å². The highest BCUT2D eigenvalue weighted by Gasteiger charge is 2.36. The van der Waals surface area contributed by atoms with E-state index < -0.39 is 11.6 Å². The van der Waals surface area contributed by atoms with E-state index in [-0.39, 0.29) is 11.9 Å². The number of aliphatic hydroxyl groups excluding tert-OH is 1. The van der Waals surface area contributed by atoms with Crippen molar-refractivity contribution in [2.45, 2.75) is 50.8 Å². The Hall–Kier alpha value is -1.39. The molecule has 0 aromatic heterocycles. The summed E-state index contributed by atoms with van der Waals surface area (Å²) in [5, 5.41) is 16.4. The van der Waals surface area contributed by atoms with Gasteiger partial charge in [0.1, 0.15) is 0 Å². The Morgan fingerprint density at radius 1 is 1.45 bits per heavy atom. The molecule has 1 aliphatic heterocycles. The van der Waals surface area contributed by atoms with Crippen LogP contribution in [0.5, 0.6) is 0 Å². The lowest BCUT2D eigenvalue weighted by molar-refractivity contribution is -0.127. The van der Waals surface area contributed by atoms with Gasteiger partial charge in [0.2, 0.25) is 5.91 Å². The number of aliphatic hydroxyl groups is 1. The van der Waals surface area contributed by atoms with Crippen LogP contribution in [-0.2, 0) is 4.79 Å². The van der Waals surface area contributed by atoms with Crippen molar-refractivity contribution in [3.05, 3.63) is 35.9 Å². The van der Waals surface area contributed by atoms with Crippen molar-refractivity contribution in [2.75, 3.05) is 6.54 Å². The molecule has 3 N–H and O–H groups in total. The number of benzene rings is 1. The maximum Gasteiger partial charge on any atom is 0.240 e. The molecular weight excluding hydrogens is 252 g/mol. The third kappa shape index (κ3) is 3.58. The SMILES string of the molecule is CC(CC(O)c1ccccc1)NC(=O)C1(C)CCCN1. The number of amides is 1. The number of carbonyl (C=O) groups excluding carboxylic acids is 1. The van der Waals surface area contributed by atoms with Crippen molar-refractivity contribution in [3.63, 3.8) is 0 Å². The fraction of sp³-hybridized carbons (Fsp3) is 0.562. The van der Waals surface area contributed by atoms with Gasteiger partial charge in [0.25, 0.3) is 0 Å². The van der Waals surface area contributed by atoms with Gasteiger partial charge in [-0.05, 0) is 45.2 Å². The van der Waals surface area contributed by atoms with Crippen LogP contribution in [-0.4, -0.2) is 29.1 Å². The maximum absolute atomic E-state index is 12.2. The smallest absolute Gasteiger partial charge is 0.240 e. The van der Waals surface area contributed by atoms with Crippen molar-refractivity contribution in [2.24, 2.45) is 0 Å². The third-order valence-corrected chi connectivity index (χ3v) is 4.01. The lowest BCUT2D eigenvalue weighted by Gasteiger charge is -2.26. The number of nitrogens with one attached hydrogen (secondary N) is 2. The second-order valence-electron chi connectivity index (χ2n) is 5.90. The minimum Gasteiger partial charge on any atom is -0.388 e. The van der Waals surface area contributed by atoms with E-state index in [2.05, 4.69) is 10.6 Å². The molecule has 1 fully saturated rings. The first-order valence-corrected chi connectivity index (χ1v) is 7.30. The molecule has 1 aromatic rings. The van der Waals surface area contributed by atoms with Crippen molar-refractivity contribution in [1.29, 1.82) is 0 Å². The van der Waals surface area contributed by atoms with E-state index in [0.717, 1.165) is 24.9 Å². The summed E-state index contributed by atoms with van der Waals surface area (Å²) < 4.78 is 0. The molecule has 0 spiro atoms. The highest BCUT2D eigenvalue weighted by Crippen LogP contribution is 2.21. The Kier molecular flexibility index (Phi) is 4.78. The molecule has 110 valence electrons. The molecule has 3 unspecified atom stereocenters. The number of hydrogen-bond donors (Lipinski definition) is 3. The first-order chi connectivity index (χ1) is 9.51. The van der Waals surface area contributed by atoms with E-state index in [0.29, 0.717) is 6.42 Å². The molecule has 1 aromatic carbocycles. The normalized spacial score (nSPS) is 25.1. The van der Waals surface area contributed by atoms with Gasteiger partial charge >= 0.3 is 0 Å². The first-order valence-electron chi connectivity index (χ1n) is 7.30. The monoisotopic (exact) mass is 276 g/mol. The Morgan fingerprint density at radius 2 is 2.15 bits per heavy atom. The van der Waals surface area contributed by atoms with Gasteiger partial charge in [-0.25, -0.2) is 0 Å². The average molecular weight is 276 g/mol. The molecule has 1 aliphatic rings. The second-order valence-corrected chi connectivity index (χ2v) is 5.90. The van der Waals surface area contributed by atoms with Crippen molar-refractivity contribution < 1.29 is 9.90 Å². The number of rotatable bonds is 5. The maximum atomic E-state index is 12.2. The Bertz CT molecular complexity index is 441. The largest absolute Gasteiger partial charge is 0.388 e. The van der Waals surface area contributed by atoms with Gasteiger partial charge in [0.15, 0.2) is 0 Å². The zero-order valence-electron chi connectivity index (χ0n) is 12.2. The molecule has 2 rings (SSSR count). The predicted octanol–water partition coefficient (Wildman–Crippen LogP) is 1.76. The van der Waals surface area contributed by atoms with Gasteiger partial charge in [-0.1, -0.05) is 30.3 Å². The van der Waals surface area contributed by atoms with Crippen molar-refractivity contribution in [3.8, 4) is 0 Å². The molecule has 0 bridgehead atoms. The van der Waals surface area contributed by atoms with Gasteiger partial charge < -0.3 is 15.7 Å². The molecule has 1 amide bonds. The van der Waals surface area contributed by atoms with Gasteiger partial charge in [-0.15, -0.1) is 0 Å². The number of hydrogen-bond acceptors (Lipinski definition) is 3. The molecular formula is C16H24N2O2. The lowest BCUT2D eigenvalue weighted by atomic mass is 9.97. The number of carbonyl (C=O) groups is 1. The molecule has 0 radical (unpaired) electrons. The van der Waals surface area contributed by atoms with Crippen LogP contribution in [0, 0.1) is 0 Å². The van der Waals surface area contributed by atoms with Gasteiger partial charge in [-0.3, -0.25) is 4.79 Å². The van der Waals surface area contributed by atoms with E-state index >= 15 is 0 Å². The fourth-order valence-corrected chi connectivity index (χ4v) is 2.68. The summed E-state index contributed by atoms with van der Waals surface area (Å²) in [6.45, 7) is 4.77. The Morgan fingerprint density at radius 3 is 2.75 bits per heavy atom. The molecule has 1 heterocycles. The Balaban J connectivity index is 1.86. The van der Waals surface area contributed by atoms with Gasteiger partial charge in [0.05, 0.1) is 11.6 Å². The third-order valence-electron chi connectivity index (χ3n) is 4.01. The summed E-state index contributed by atoms with van der Waals surface area (Å²) in [6.07, 6.45) is 1.87. The lowest BCUT2D eigenvalue weighted by Crippen LogP contribution is -2.53. The topological polar surface area (TPSA) is 61.4 Å². The molecule has 0 aliphatic carbocycles. The summed E-state index contributed by atoms with van der Waals surface area (Å²) in [5.74, 6) is 0.0303. The predicted molar refractivity (Wildman–Crippen MR) is 79.3 cm³/mol. The van der Waals surface area contributed by atoms with Crippen LogP contribution in [0.25, 0.3) is 0 Å².